The Bertz CT molecular complexity index is 173. The molecule has 0 aromatic rings. The summed E-state index contributed by atoms with van der Waals surface area (Å²) >= 11 is 0. The average Bonchev–Trinajstić information content (AvgIpc) is 1.78. The molecule has 1 aliphatic heterocycles. The zero-order valence-corrected chi connectivity index (χ0v) is 6.52. The number of methoxy groups -OCH3 is 1. The molecule has 1 saturated heterocycles. The summed E-state index contributed by atoms with van der Waals surface area (Å²) in [5.41, 5.74) is -0.556. The van der Waals surface area contributed by atoms with Crippen LogP contribution in [-0.4, -0.2) is 25.9 Å². The van der Waals surface area contributed by atoms with Crippen molar-refractivity contribution in [2.45, 2.75) is 25.9 Å². The molecule has 0 saturated carbocycles. The molecule has 0 aromatic heterocycles. The molecule has 1 heterocycles. The third-order valence-corrected chi connectivity index (χ3v) is 1.73. The van der Waals surface area contributed by atoms with E-state index < -0.39 is 12.6 Å². The third-order valence-electron chi connectivity index (χ3n) is 1.73. The van der Waals surface area contributed by atoms with Gasteiger partial charge in [0.15, 0.2) is 0 Å². The van der Waals surface area contributed by atoms with Crippen molar-refractivity contribution < 1.29 is 13.6 Å². The van der Waals surface area contributed by atoms with E-state index in [-0.39, 0.29) is 0 Å². The van der Waals surface area contributed by atoms with Crippen LogP contribution in [0.5, 0.6) is 0 Å². The Labute approximate surface area is 66.7 Å². The van der Waals surface area contributed by atoms with Crippen LogP contribution in [0.2, 0.25) is 0 Å². The minimum atomic E-state index is -2.31. The fourth-order valence-electron chi connectivity index (χ4n) is 1.29. The fourth-order valence-corrected chi connectivity index (χ4v) is 1.29. The summed E-state index contributed by atoms with van der Waals surface area (Å²) in [6, 6.07) is 0. The highest BCUT2D eigenvalue weighted by atomic mass is 16.6. The van der Waals surface area contributed by atoms with Crippen molar-refractivity contribution in [3.05, 3.63) is 0 Å². The minimum absolute atomic E-state index is 0.406. The molecule has 60 valence electrons. The first-order valence-corrected chi connectivity index (χ1v) is 3.61. The van der Waals surface area contributed by atoms with Gasteiger partial charge in [0.1, 0.15) is 5.60 Å². The molecule has 1 rings (SSSR count). The maximum Gasteiger partial charge on any atom is 0.114 e. The molecule has 0 spiro atoms. The Morgan fingerprint density at radius 1 is 1.70 bits per heavy atom. The van der Waals surface area contributed by atoms with E-state index in [4.69, 9.17) is 13.6 Å². The largest absolute Gasteiger partial charge is 0.375 e. The van der Waals surface area contributed by atoms with E-state index in [9.17, 15) is 0 Å². The lowest BCUT2D eigenvalue weighted by molar-refractivity contribution is -0.203. The zero-order chi connectivity index (χ0) is 10.1. The van der Waals surface area contributed by atoms with Crippen LogP contribution >= 0.6 is 0 Å². The van der Waals surface area contributed by atoms with Crippen molar-refractivity contribution in [1.82, 2.24) is 0 Å². The lowest BCUT2D eigenvalue weighted by Gasteiger charge is -2.41. The van der Waals surface area contributed by atoms with E-state index in [2.05, 4.69) is 0 Å². The molecule has 0 atom stereocenters. The van der Waals surface area contributed by atoms with E-state index in [1.165, 1.54) is 0 Å². The van der Waals surface area contributed by atoms with Crippen LogP contribution in [0.1, 0.15) is 24.4 Å². The molecule has 2 nitrogen and oxygen atoms in total. The van der Waals surface area contributed by atoms with Gasteiger partial charge in [-0.3, -0.25) is 0 Å². The van der Waals surface area contributed by atoms with Crippen molar-refractivity contribution in [3.63, 3.8) is 0 Å². The van der Waals surface area contributed by atoms with Gasteiger partial charge in [0, 0.05) is 7.04 Å². The summed E-state index contributed by atoms with van der Waals surface area (Å²) < 4.78 is 31.1. The van der Waals surface area contributed by atoms with Crippen molar-refractivity contribution in [2.75, 3.05) is 20.3 Å². The second-order valence-corrected chi connectivity index (χ2v) is 3.38. The molecule has 1 aliphatic rings. The first-order valence-electron chi connectivity index (χ1n) is 5.11. The molecule has 0 aromatic carbocycles. The fraction of sp³-hybridized carbons (Fsp3) is 1.00. The molecule has 0 bridgehead atoms. The van der Waals surface area contributed by atoms with Crippen LogP contribution in [0.25, 0.3) is 0 Å². The van der Waals surface area contributed by atoms with Gasteiger partial charge in [-0.1, -0.05) is 13.8 Å². The Morgan fingerprint density at radius 2 is 2.40 bits per heavy atom. The van der Waals surface area contributed by atoms with E-state index in [0.717, 1.165) is 6.42 Å². The summed E-state index contributed by atoms with van der Waals surface area (Å²) in [6.45, 7) is 4.90. The molecule has 10 heavy (non-hydrogen) atoms. The molecule has 1 fully saturated rings. The maximum atomic E-state index is 7.02. The number of hydrogen-bond donors (Lipinski definition) is 0. The molecular weight excluding hydrogens is 128 g/mol. The summed E-state index contributed by atoms with van der Waals surface area (Å²) in [5, 5.41) is 0. The molecular formula is C8H16O2. The minimum Gasteiger partial charge on any atom is -0.375 e. The Morgan fingerprint density at radius 3 is 2.70 bits per heavy atom. The van der Waals surface area contributed by atoms with Gasteiger partial charge in [0.2, 0.25) is 0 Å². The van der Waals surface area contributed by atoms with Gasteiger partial charge < -0.3 is 9.47 Å². The van der Waals surface area contributed by atoms with Gasteiger partial charge in [0.05, 0.1) is 17.3 Å². The van der Waals surface area contributed by atoms with Crippen LogP contribution in [-0.2, 0) is 9.47 Å². The first kappa shape index (κ1) is 4.73. The SMILES string of the molecule is [2H]C([2H])([2H])OC1(CC(C)C)COC1. The van der Waals surface area contributed by atoms with Crippen molar-refractivity contribution in [3.8, 4) is 0 Å². The number of rotatable bonds is 3. The molecule has 2 heteroatoms. The predicted molar refractivity (Wildman–Crippen MR) is 40.0 cm³/mol. The van der Waals surface area contributed by atoms with Crippen molar-refractivity contribution in [2.24, 2.45) is 5.92 Å². The van der Waals surface area contributed by atoms with Crippen LogP contribution in [0, 0.1) is 5.92 Å². The van der Waals surface area contributed by atoms with Crippen LogP contribution in [0.4, 0.5) is 0 Å². The van der Waals surface area contributed by atoms with E-state index >= 15 is 0 Å². The highest BCUT2D eigenvalue weighted by molar-refractivity contribution is 4.87. The van der Waals surface area contributed by atoms with Crippen LogP contribution in [0.3, 0.4) is 0 Å². The summed E-state index contributed by atoms with van der Waals surface area (Å²) in [5.74, 6) is 0.422. The monoisotopic (exact) mass is 147 g/mol. The average molecular weight is 147 g/mol. The zero-order valence-electron chi connectivity index (χ0n) is 9.52. The smallest absolute Gasteiger partial charge is 0.114 e. The highest BCUT2D eigenvalue weighted by Gasteiger charge is 2.38. The number of hydrogen-bond acceptors (Lipinski definition) is 2. The van der Waals surface area contributed by atoms with Gasteiger partial charge in [-0.2, -0.15) is 0 Å². The van der Waals surface area contributed by atoms with Gasteiger partial charge in [-0.25, -0.2) is 0 Å². The second kappa shape index (κ2) is 2.89. The molecule has 0 amide bonds. The van der Waals surface area contributed by atoms with Crippen molar-refractivity contribution in [1.29, 1.82) is 0 Å². The topological polar surface area (TPSA) is 18.5 Å². The van der Waals surface area contributed by atoms with E-state index in [0.29, 0.717) is 19.1 Å². The molecule has 0 N–H and O–H groups in total. The Balaban J connectivity index is 2.50. The van der Waals surface area contributed by atoms with Crippen LogP contribution < -0.4 is 0 Å². The molecule has 0 aliphatic carbocycles. The van der Waals surface area contributed by atoms with Gasteiger partial charge in [-0.15, -0.1) is 0 Å². The lowest BCUT2D eigenvalue weighted by atomic mass is 9.91. The van der Waals surface area contributed by atoms with Gasteiger partial charge in [-0.05, 0) is 12.3 Å². The Kier molecular flexibility index (Phi) is 1.37. The Hall–Kier alpha value is -0.0800. The standard InChI is InChI=1S/C8H16O2/c1-7(2)4-8(9-3)5-10-6-8/h7H,4-6H2,1-3H3/i3D3. The highest BCUT2D eigenvalue weighted by Crippen LogP contribution is 2.28. The van der Waals surface area contributed by atoms with E-state index in [1.54, 1.807) is 0 Å². The molecule has 0 unspecified atom stereocenters. The summed E-state index contributed by atoms with van der Waals surface area (Å²) in [7, 11) is -2.31. The lowest BCUT2D eigenvalue weighted by Crippen LogP contribution is -2.51. The summed E-state index contributed by atoms with van der Waals surface area (Å²) in [6.07, 6.45) is 0.741. The van der Waals surface area contributed by atoms with Crippen molar-refractivity contribution >= 4 is 0 Å². The third kappa shape index (κ3) is 1.50. The number of ether oxygens (including phenoxy) is 2. The summed E-state index contributed by atoms with van der Waals surface area (Å²) in [4.78, 5) is 0. The maximum absolute atomic E-state index is 7.02. The normalized spacial score (nSPS) is 28.5. The van der Waals surface area contributed by atoms with Crippen LogP contribution in [0.15, 0.2) is 0 Å². The molecule has 0 radical (unpaired) electrons. The second-order valence-electron chi connectivity index (χ2n) is 3.38. The first-order chi connectivity index (χ1) is 5.83. The van der Waals surface area contributed by atoms with Gasteiger partial charge >= 0.3 is 0 Å². The van der Waals surface area contributed by atoms with Gasteiger partial charge in [0.25, 0.3) is 0 Å². The predicted octanol–water partition coefficient (Wildman–Crippen LogP) is 1.45. The van der Waals surface area contributed by atoms with E-state index in [1.807, 2.05) is 13.8 Å². The quantitative estimate of drug-likeness (QED) is 0.601.